The minimum absolute atomic E-state index is 0.204. The van der Waals surface area contributed by atoms with Crippen LogP contribution in [-0.2, 0) is 14.3 Å². The number of rotatable bonds is 4. The maximum atomic E-state index is 11.7. The smallest absolute Gasteiger partial charge is 0.318 e. The Hall–Kier alpha value is -1.55. The van der Waals surface area contributed by atoms with Crippen molar-refractivity contribution in [2.75, 3.05) is 32.2 Å². The monoisotopic (exact) mass is 235 g/mol. The zero-order chi connectivity index (χ0) is 12.3. The summed E-state index contributed by atoms with van der Waals surface area (Å²) >= 11 is 0. The van der Waals surface area contributed by atoms with Gasteiger partial charge in [0.15, 0.2) is 0 Å². The molecular weight excluding hydrogens is 218 g/mol. The van der Waals surface area contributed by atoms with Crippen molar-refractivity contribution in [1.82, 2.24) is 0 Å². The Labute approximate surface area is 101 Å². The van der Waals surface area contributed by atoms with E-state index >= 15 is 0 Å². The van der Waals surface area contributed by atoms with Gasteiger partial charge in [0.1, 0.15) is 5.41 Å². The number of carbonyl (C=O) groups is 1. The van der Waals surface area contributed by atoms with Crippen molar-refractivity contribution in [3.8, 4) is 0 Å². The van der Waals surface area contributed by atoms with Crippen molar-refractivity contribution in [3.05, 3.63) is 29.8 Å². The number of carbonyl (C=O) groups excluding carboxylic acids is 1. The van der Waals surface area contributed by atoms with Crippen LogP contribution in [0.3, 0.4) is 0 Å². The summed E-state index contributed by atoms with van der Waals surface area (Å²) in [6.45, 7) is 3.44. The van der Waals surface area contributed by atoms with E-state index in [4.69, 9.17) is 9.47 Å². The summed E-state index contributed by atoms with van der Waals surface area (Å²) in [6.07, 6.45) is 0. The maximum absolute atomic E-state index is 11.7. The first-order valence-corrected chi connectivity index (χ1v) is 5.64. The summed E-state index contributed by atoms with van der Waals surface area (Å²) in [7, 11) is 1.41. The molecule has 0 bridgehead atoms. The van der Waals surface area contributed by atoms with Crippen molar-refractivity contribution in [3.63, 3.8) is 0 Å². The Morgan fingerprint density at radius 3 is 2.71 bits per heavy atom. The minimum Gasteiger partial charge on any atom is -0.468 e. The average molecular weight is 235 g/mol. The van der Waals surface area contributed by atoms with Crippen molar-refractivity contribution < 1.29 is 14.3 Å². The third-order valence-corrected chi connectivity index (χ3v) is 3.14. The molecule has 0 aromatic heterocycles. The lowest BCUT2D eigenvalue weighted by atomic mass is 9.86. The molecule has 2 rings (SSSR count). The van der Waals surface area contributed by atoms with Gasteiger partial charge < -0.3 is 14.8 Å². The topological polar surface area (TPSA) is 47.6 Å². The normalized spacial score (nSPS) is 17.1. The molecule has 1 heterocycles. The fourth-order valence-electron chi connectivity index (χ4n) is 1.89. The van der Waals surface area contributed by atoms with Crippen LogP contribution in [0.1, 0.15) is 5.56 Å². The highest BCUT2D eigenvalue weighted by Gasteiger charge is 2.47. The molecule has 4 heteroatoms. The molecule has 0 amide bonds. The van der Waals surface area contributed by atoms with Gasteiger partial charge in [-0.25, -0.2) is 0 Å². The Morgan fingerprint density at radius 2 is 2.18 bits per heavy atom. The van der Waals surface area contributed by atoms with Gasteiger partial charge in [0.2, 0.25) is 0 Å². The molecule has 1 aromatic carbocycles. The predicted octanol–water partition coefficient (Wildman–Crippen LogP) is 1.60. The van der Waals surface area contributed by atoms with Crippen molar-refractivity contribution in [2.24, 2.45) is 5.41 Å². The lowest BCUT2D eigenvalue weighted by molar-refractivity contribution is -0.180. The first kappa shape index (κ1) is 11.9. The van der Waals surface area contributed by atoms with Gasteiger partial charge in [-0.3, -0.25) is 4.79 Å². The number of para-hydroxylation sites is 1. The molecule has 1 aliphatic heterocycles. The number of aryl methyl sites for hydroxylation is 1. The molecule has 0 aliphatic carbocycles. The maximum Gasteiger partial charge on any atom is 0.318 e. The van der Waals surface area contributed by atoms with E-state index < -0.39 is 5.41 Å². The second-order valence-electron chi connectivity index (χ2n) is 4.43. The Balaban J connectivity index is 2.02. The van der Waals surface area contributed by atoms with E-state index in [1.165, 1.54) is 7.11 Å². The van der Waals surface area contributed by atoms with Crippen molar-refractivity contribution in [1.29, 1.82) is 0 Å². The zero-order valence-electron chi connectivity index (χ0n) is 10.2. The summed E-state index contributed by atoms with van der Waals surface area (Å²) in [5.74, 6) is -0.204. The first-order valence-electron chi connectivity index (χ1n) is 5.64. The molecule has 0 unspecified atom stereocenters. The highest BCUT2D eigenvalue weighted by molar-refractivity contribution is 5.79. The summed E-state index contributed by atoms with van der Waals surface area (Å²) in [6, 6.07) is 7.99. The predicted molar refractivity (Wildman–Crippen MR) is 64.9 cm³/mol. The number of hydrogen-bond acceptors (Lipinski definition) is 4. The fourth-order valence-corrected chi connectivity index (χ4v) is 1.89. The number of esters is 1. The van der Waals surface area contributed by atoms with Crippen LogP contribution in [0.15, 0.2) is 24.3 Å². The standard InChI is InChI=1S/C13H17NO3/c1-10-5-3-4-6-11(10)14-7-13(8-17-9-13)12(15)16-2/h3-6,14H,7-9H2,1-2H3. The van der Waals surface area contributed by atoms with Gasteiger partial charge in [-0.15, -0.1) is 0 Å². The van der Waals surface area contributed by atoms with Crippen LogP contribution in [0.4, 0.5) is 5.69 Å². The number of nitrogens with one attached hydrogen (secondary N) is 1. The molecule has 0 radical (unpaired) electrons. The second kappa shape index (κ2) is 4.75. The third kappa shape index (κ3) is 2.26. The van der Waals surface area contributed by atoms with Gasteiger partial charge >= 0.3 is 5.97 Å². The van der Waals surface area contributed by atoms with Crippen LogP contribution in [0.25, 0.3) is 0 Å². The van der Waals surface area contributed by atoms with Gasteiger partial charge in [0.05, 0.1) is 20.3 Å². The van der Waals surface area contributed by atoms with Crippen LogP contribution in [0.2, 0.25) is 0 Å². The molecule has 4 nitrogen and oxygen atoms in total. The molecule has 0 saturated carbocycles. The summed E-state index contributed by atoms with van der Waals surface area (Å²) in [5.41, 5.74) is 1.69. The van der Waals surface area contributed by atoms with Crippen molar-refractivity contribution in [2.45, 2.75) is 6.92 Å². The van der Waals surface area contributed by atoms with E-state index in [-0.39, 0.29) is 5.97 Å². The van der Waals surface area contributed by atoms with Gasteiger partial charge in [-0.2, -0.15) is 0 Å². The highest BCUT2D eigenvalue weighted by Crippen LogP contribution is 2.29. The van der Waals surface area contributed by atoms with E-state index in [9.17, 15) is 4.79 Å². The van der Waals surface area contributed by atoms with Crippen LogP contribution < -0.4 is 5.32 Å². The number of hydrogen-bond donors (Lipinski definition) is 1. The molecule has 0 spiro atoms. The zero-order valence-corrected chi connectivity index (χ0v) is 10.2. The first-order chi connectivity index (χ1) is 8.18. The van der Waals surface area contributed by atoms with E-state index in [2.05, 4.69) is 5.32 Å². The molecule has 92 valence electrons. The van der Waals surface area contributed by atoms with Gasteiger partial charge in [-0.1, -0.05) is 18.2 Å². The molecule has 1 N–H and O–H groups in total. The summed E-state index contributed by atoms with van der Waals surface area (Å²) in [4.78, 5) is 11.7. The molecule has 0 atom stereocenters. The van der Waals surface area contributed by atoms with E-state index in [1.807, 2.05) is 31.2 Å². The molecule has 1 aromatic rings. The molecule has 1 saturated heterocycles. The van der Waals surface area contributed by atoms with Crippen LogP contribution in [-0.4, -0.2) is 32.8 Å². The second-order valence-corrected chi connectivity index (χ2v) is 4.43. The SMILES string of the molecule is COC(=O)C1(CNc2ccccc2C)COC1. The van der Waals surface area contributed by atoms with Gasteiger partial charge in [0, 0.05) is 12.2 Å². The van der Waals surface area contributed by atoms with Crippen LogP contribution >= 0.6 is 0 Å². The number of ether oxygens (including phenoxy) is 2. The lowest BCUT2D eigenvalue weighted by Gasteiger charge is -2.38. The number of methoxy groups -OCH3 is 1. The van der Waals surface area contributed by atoms with E-state index in [0.717, 1.165) is 11.3 Å². The quantitative estimate of drug-likeness (QED) is 0.805. The highest BCUT2D eigenvalue weighted by atomic mass is 16.5. The van der Waals surface area contributed by atoms with Crippen LogP contribution in [0, 0.1) is 12.3 Å². The Bertz CT molecular complexity index is 413. The van der Waals surface area contributed by atoms with Gasteiger partial charge in [-0.05, 0) is 18.6 Å². The minimum atomic E-state index is -0.517. The Kier molecular flexibility index (Phi) is 3.33. The average Bonchev–Trinajstić information content (AvgIpc) is 2.29. The van der Waals surface area contributed by atoms with Gasteiger partial charge in [0.25, 0.3) is 0 Å². The molecule has 17 heavy (non-hydrogen) atoms. The Morgan fingerprint density at radius 1 is 1.47 bits per heavy atom. The lowest BCUT2D eigenvalue weighted by Crippen LogP contribution is -2.54. The number of benzene rings is 1. The molecule has 1 aliphatic rings. The summed E-state index contributed by atoms with van der Waals surface area (Å²) in [5, 5.41) is 3.29. The third-order valence-electron chi connectivity index (χ3n) is 3.14. The largest absolute Gasteiger partial charge is 0.468 e. The van der Waals surface area contributed by atoms with Crippen molar-refractivity contribution >= 4 is 11.7 Å². The van der Waals surface area contributed by atoms with Crippen LogP contribution in [0.5, 0.6) is 0 Å². The van der Waals surface area contributed by atoms with E-state index in [0.29, 0.717) is 19.8 Å². The number of anilines is 1. The molecular formula is C13H17NO3. The fraction of sp³-hybridized carbons (Fsp3) is 0.462. The summed E-state index contributed by atoms with van der Waals surface area (Å²) < 4.78 is 9.96. The van der Waals surface area contributed by atoms with E-state index in [1.54, 1.807) is 0 Å². The molecule has 1 fully saturated rings.